The van der Waals surface area contributed by atoms with Crippen molar-refractivity contribution in [3.05, 3.63) is 47.3 Å². The van der Waals surface area contributed by atoms with E-state index in [1.165, 1.54) is 18.3 Å². The van der Waals surface area contributed by atoms with Gasteiger partial charge in [-0.1, -0.05) is 0 Å². The van der Waals surface area contributed by atoms with Gasteiger partial charge in [-0.05, 0) is 30.7 Å². The van der Waals surface area contributed by atoms with Gasteiger partial charge < -0.3 is 16.2 Å². The number of benzene rings is 1. The Balaban J connectivity index is 2.12. The fourth-order valence-electron chi connectivity index (χ4n) is 1.95. The molecule has 0 aliphatic heterocycles. The Bertz CT molecular complexity index is 693. The molecule has 0 saturated heterocycles. The average Bonchev–Trinajstić information content (AvgIpc) is 2.84. The third kappa shape index (κ3) is 3.26. The van der Waals surface area contributed by atoms with E-state index in [1.807, 2.05) is 0 Å². The lowest BCUT2D eigenvalue weighted by atomic mass is 10.1. The maximum Gasteiger partial charge on any atom is 0.335 e. The highest BCUT2D eigenvalue weighted by atomic mass is 16.4. The van der Waals surface area contributed by atoms with Crippen molar-refractivity contribution in [2.24, 2.45) is 12.8 Å². The van der Waals surface area contributed by atoms with Crippen LogP contribution in [-0.2, 0) is 11.8 Å². The lowest BCUT2D eigenvalue weighted by molar-refractivity contribution is -0.117. The molecule has 1 heterocycles. The van der Waals surface area contributed by atoms with Gasteiger partial charge in [-0.25, -0.2) is 4.79 Å². The first-order valence-corrected chi connectivity index (χ1v) is 6.27. The van der Waals surface area contributed by atoms with E-state index in [1.54, 1.807) is 30.9 Å². The SMILES string of the molecule is Cc1cc(NC(=O)C(N)c2cnn(C)c2)ccc1C(=O)O. The maximum absolute atomic E-state index is 12.1. The lowest BCUT2D eigenvalue weighted by Gasteiger charge is -2.11. The molecule has 0 fully saturated rings. The number of aryl methyl sites for hydroxylation is 2. The molecule has 110 valence electrons. The number of anilines is 1. The predicted octanol–water partition coefficient (Wildman–Crippen LogP) is 1.07. The van der Waals surface area contributed by atoms with Crippen LogP contribution in [0.3, 0.4) is 0 Å². The molecule has 1 unspecified atom stereocenters. The quantitative estimate of drug-likeness (QED) is 0.779. The first kappa shape index (κ1) is 14.7. The van der Waals surface area contributed by atoms with Crippen molar-refractivity contribution in [1.29, 1.82) is 0 Å². The van der Waals surface area contributed by atoms with E-state index < -0.39 is 12.0 Å². The van der Waals surface area contributed by atoms with Crippen LogP contribution >= 0.6 is 0 Å². The lowest BCUT2D eigenvalue weighted by Crippen LogP contribution is -2.27. The number of nitrogens with zero attached hydrogens (tertiary/aromatic N) is 2. The van der Waals surface area contributed by atoms with Gasteiger partial charge >= 0.3 is 5.97 Å². The normalized spacial score (nSPS) is 12.0. The molecule has 1 atom stereocenters. The Morgan fingerprint density at radius 3 is 2.67 bits per heavy atom. The molecule has 2 rings (SSSR count). The van der Waals surface area contributed by atoms with Crippen LogP contribution in [0.25, 0.3) is 0 Å². The Hall–Kier alpha value is -2.67. The van der Waals surface area contributed by atoms with E-state index in [-0.39, 0.29) is 11.5 Å². The molecule has 1 aromatic heterocycles. The number of nitrogens with two attached hydrogens (primary N) is 1. The molecule has 0 saturated carbocycles. The van der Waals surface area contributed by atoms with Crippen molar-refractivity contribution < 1.29 is 14.7 Å². The van der Waals surface area contributed by atoms with Crippen LogP contribution in [0, 0.1) is 6.92 Å². The number of hydrogen-bond acceptors (Lipinski definition) is 4. The number of rotatable bonds is 4. The summed E-state index contributed by atoms with van der Waals surface area (Å²) >= 11 is 0. The van der Waals surface area contributed by atoms with Crippen LogP contribution in [0.1, 0.15) is 27.5 Å². The number of aromatic nitrogens is 2. The summed E-state index contributed by atoms with van der Waals surface area (Å²) in [6.07, 6.45) is 3.20. The van der Waals surface area contributed by atoms with Gasteiger partial charge in [-0.15, -0.1) is 0 Å². The minimum Gasteiger partial charge on any atom is -0.478 e. The third-order valence-corrected chi connectivity index (χ3v) is 3.09. The molecule has 2 aromatic rings. The average molecular weight is 288 g/mol. The molecule has 21 heavy (non-hydrogen) atoms. The zero-order valence-corrected chi connectivity index (χ0v) is 11.7. The number of nitrogens with one attached hydrogen (secondary N) is 1. The Morgan fingerprint density at radius 2 is 2.14 bits per heavy atom. The van der Waals surface area contributed by atoms with Crippen LogP contribution in [-0.4, -0.2) is 26.8 Å². The molecule has 0 spiro atoms. The molecule has 1 aromatic carbocycles. The molecule has 1 amide bonds. The van der Waals surface area contributed by atoms with E-state index >= 15 is 0 Å². The summed E-state index contributed by atoms with van der Waals surface area (Å²) in [5, 5.41) is 15.6. The Morgan fingerprint density at radius 1 is 1.43 bits per heavy atom. The van der Waals surface area contributed by atoms with E-state index in [0.717, 1.165) is 0 Å². The van der Waals surface area contributed by atoms with Crippen molar-refractivity contribution in [2.75, 3.05) is 5.32 Å². The predicted molar refractivity (Wildman–Crippen MR) is 76.9 cm³/mol. The van der Waals surface area contributed by atoms with E-state index in [4.69, 9.17) is 10.8 Å². The number of aromatic carboxylic acids is 1. The molecular weight excluding hydrogens is 272 g/mol. The second-order valence-corrected chi connectivity index (χ2v) is 4.75. The van der Waals surface area contributed by atoms with Gasteiger partial charge in [0.15, 0.2) is 0 Å². The van der Waals surface area contributed by atoms with E-state index in [0.29, 0.717) is 16.8 Å². The highest BCUT2D eigenvalue weighted by molar-refractivity contribution is 5.96. The molecule has 7 nitrogen and oxygen atoms in total. The standard InChI is InChI=1S/C14H16N4O3/c1-8-5-10(3-4-11(8)14(20)21)17-13(19)12(15)9-6-16-18(2)7-9/h3-7,12H,15H2,1-2H3,(H,17,19)(H,20,21). The van der Waals surface area contributed by atoms with Gasteiger partial charge in [0.05, 0.1) is 11.8 Å². The minimum atomic E-state index is -1.00. The minimum absolute atomic E-state index is 0.199. The summed E-state index contributed by atoms with van der Waals surface area (Å²) in [6.45, 7) is 1.67. The van der Waals surface area contributed by atoms with Crippen molar-refractivity contribution in [1.82, 2.24) is 9.78 Å². The van der Waals surface area contributed by atoms with Gasteiger partial charge in [-0.2, -0.15) is 5.10 Å². The van der Waals surface area contributed by atoms with E-state index in [2.05, 4.69) is 10.4 Å². The molecular formula is C14H16N4O3. The topological polar surface area (TPSA) is 110 Å². The zero-order chi connectivity index (χ0) is 15.6. The van der Waals surface area contributed by atoms with E-state index in [9.17, 15) is 9.59 Å². The molecule has 0 bridgehead atoms. The summed E-state index contributed by atoms with van der Waals surface area (Å²) in [7, 11) is 1.74. The molecule has 0 aliphatic rings. The molecule has 4 N–H and O–H groups in total. The molecule has 0 radical (unpaired) electrons. The monoisotopic (exact) mass is 288 g/mol. The van der Waals surface area contributed by atoms with Gasteiger partial charge in [0.2, 0.25) is 5.91 Å². The van der Waals surface area contributed by atoms with Crippen LogP contribution in [0.4, 0.5) is 5.69 Å². The molecule has 7 heteroatoms. The Labute approximate surface area is 121 Å². The summed E-state index contributed by atoms with van der Waals surface area (Å²) < 4.78 is 1.56. The number of hydrogen-bond donors (Lipinski definition) is 3. The number of carbonyl (C=O) groups excluding carboxylic acids is 1. The van der Waals surface area contributed by atoms with Crippen molar-refractivity contribution in [3.63, 3.8) is 0 Å². The zero-order valence-electron chi connectivity index (χ0n) is 11.7. The fourth-order valence-corrected chi connectivity index (χ4v) is 1.95. The summed E-state index contributed by atoms with van der Waals surface area (Å²) in [6, 6.07) is 3.74. The van der Waals surface area contributed by atoms with Crippen molar-refractivity contribution in [2.45, 2.75) is 13.0 Å². The Kier molecular flexibility index (Phi) is 4.04. The summed E-state index contributed by atoms with van der Waals surface area (Å²) in [4.78, 5) is 23.0. The van der Waals surface area contributed by atoms with Crippen LogP contribution < -0.4 is 11.1 Å². The first-order valence-electron chi connectivity index (χ1n) is 6.27. The second-order valence-electron chi connectivity index (χ2n) is 4.75. The largest absolute Gasteiger partial charge is 0.478 e. The van der Waals surface area contributed by atoms with Crippen molar-refractivity contribution in [3.8, 4) is 0 Å². The van der Waals surface area contributed by atoms with Gasteiger partial charge in [-0.3, -0.25) is 9.48 Å². The highest BCUT2D eigenvalue weighted by Crippen LogP contribution is 2.17. The van der Waals surface area contributed by atoms with Crippen LogP contribution in [0.2, 0.25) is 0 Å². The van der Waals surface area contributed by atoms with Crippen LogP contribution in [0.5, 0.6) is 0 Å². The maximum atomic E-state index is 12.1. The molecule has 0 aliphatic carbocycles. The number of carboxylic acid groups (broad SMARTS) is 1. The highest BCUT2D eigenvalue weighted by Gasteiger charge is 2.18. The van der Waals surface area contributed by atoms with Crippen molar-refractivity contribution >= 4 is 17.6 Å². The summed E-state index contributed by atoms with van der Waals surface area (Å²) in [5.41, 5.74) is 7.73. The number of carboxylic acids is 1. The fraction of sp³-hybridized carbons (Fsp3) is 0.214. The van der Waals surface area contributed by atoms with Gasteiger partial charge in [0, 0.05) is 24.5 Å². The second kappa shape index (κ2) is 5.76. The number of amides is 1. The first-order chi connectivity index (χ1) is 9.88. The third-order valence-electron chi connectivity index (χ3n) is 3.09. The van der Waals surface area contributed by atoms with Gasteiger partial charge in [0.25, 0.3) is 0 Å². The van der Waals surface area contributed by atoms with Crippen LogP contribution in [0.15, 0.2) is 30.6 Å². The smallest absolute Gasteiger partial charge is 0.335 e. The summed E-state index contributed by atoms with van der Waals surface area (Å²) in [5.74, 6) is -1.39. The van der Waals surface area contributed by atoms with Gasteiger partial charge in [0.1, 0.15) is 6.04 Å². The number of carbonyl (C=O) groups is 2.